The lowest BCUT2D eigenvalue weighted by Gasteiger charge is -2.15. The van der Waals surface area contributed by atoms with E-state index in [-0.39, 0.29) is 0 Å². The van der Waals surface area contributed by atoms with E-state index >= 15 is 0 Å². The molecule has 5 heteroatoms. The van der Waals surface area contributed by atoms with Crippen molar-refractivity contribution in [3.63, 3.8) is 0 Å². The van der Waals surface area contributed by atoms with Gasteiger partial charge >= 0.3 is 11.8 Å². The van der Waals surface area contributed by atoms with E-state index in [1.165, 1.54) is 12.1 Å². The highest BCUT2D eigenvalue weighted by Gasteiger charge is 2.16. The summed E-state index contributed by atoms with van der Waals surface area (Å²) >= 11 is 0. The number of carbonyl (C=O) groups excluding carboxylic acids is 2. The lowest BCUT2D eigenvalue weighted by atomic mass is 9.99. The van der Waals surface area contributed by atoms with Gasteiger partial charge in [0.2, 0.25) is 0 Å². The third-order valence-electron chi connectivity index (χ3n) is 3.75. The number of nitrogens with one attached hydrogen (secondary N) is 2. The van der Waals surface area contributed by atoms with E-state index in [0.29, 0.717) is 23.7 Å². The van der Waals surface area contributed by atoms with Crippen LogP contribution in [0.5, 0.6) is 0 Å². The summed E-state index contributed by atoms with van der Waals surface area (Å²) in [6, 6.07) is 4.07. The van der Waals surface area contributed by atoms with Crippen molar-refractivity contribution >= 4 is 17.5 Å². The molecule has 0 spiro atoms. The summed E-state index contributed by atoms with van der Waals surface area (Å²) in [6.45, 7) is 6.43. The van der Waals surface area contributed by atoms with Gasteiger partial charge in [0.05, 0.1) is 0 Å². The molecular weight excluding hydrogens is 283 g/mol. The van der Waals surface area contributed by atoms with E-state index in [9.17, 15) is 14.0 Å². The lowest BCUT2D eigenvalue weighted by Crippen LogP contribution is -2.38. The molecule has 1 aromatic rings. The molecule has 0 radical (unpaired) electrons. The number of benzene rings is 1. The smallest absolute Gasteiger partial charge is 0.313 e. The fraction of sp³-hybridized carbons (Fsp3) is 0.529. The lowest BCUT2D eigenvalue weighted by molar-refractivity contribution is -0.136. The summed E-state index contributed by atoms with van der Waals surface area (Å²) in [6.07, 6.45) is 4.23. The maximum absolute atomic E-state index is 13.2. The highest BCUT2D eigenvalue weighted by atomic mass is 19.1. The fourth-order valence-electron chi connectivity index (χ4n) is 2.17. The zero-order valence-corrected chi connectivity index (χ0v) is 13.5. The van der Waals surface area contributed by atoms with Crippen LogP contribution in [-0.4, -0.2) is 18.4 Å². The third-order valence-corrected chi connectivity index (χ3v) is 3.75. The first-order valence-electron chi connectivity index (χ1n) is 7.83. The van der Waals surface area contributed by atoms with Gasteiger partial charge in [-0.05, 0) is 37.0 Å². The predicted molar refractivity (Wildman–Crippen MR) is 86.1 cm³/mol. The van der Waals surface area contributed by atoms with Crippen LogP contribution in [0.1, 0.15) is 45.1 Å². The van der Waals surface area contributed by atoms with E-state index in [2.05, 4.69) is 24.5 Å². The molecule has 22 heavy (non-hydrogen) atoms. The fourth-order valence-corrected chi connectivity index (χ4v) is 2.17. The van der Waals surface area contributed by atoms with Crippen molar-refractivity contribution in [2.24, 2.45) is 5.92 Å². The van der Waals surface area contributed by atoms with Gasteiger partial charge in [0.1, 0.15) is 5.82 Å². The highest BCUT2D eigenvalue weighted by molar-refractivity contribution is 6.39. The van der Waals surface area contributed by atoms with E-state index in [0.717, 1.165) is 25.7 Å². The number of unbranched alkanes of at least 4 members (excludes halogenated alkanes) is 1. The Hall–Kier alpha value is -1.91. The van der Waals surface area contributed by atoms with E-state index in [1.54, 1.807) is 13.0 Å². The van der Waals surface area contributed by atoms with Crippen LogP contribution in [-0.2, 0) is 9.59 Å². The van der Waals surface area contributed by atoms with Gasteiger partial charge in [0.25, 0.3) is 0 Å². The Kier molecular flexibility index (Phi) is 7.57. The van der Waals surface area contributed by atoms with Gasteiger partial charge in [-0.15, -0.1) is 0 Å². The Morgan fingerprint density at radius 3 is 2.59 bits per heavy atom. The zero-order valence-electron chi connectivity index (χ0n) is 13.5. The molecule has 4 nitrogen and oxygen atoms in total. The molecule has 1 aromatic carbocycles. The Bertz CT molecular complexity index is 517. The average molecular weight is 308 g/mol. The monoisotopic (exact) mass is 308 g/mol. The second-order valence-corrected chi connectivity index (χ2v) is 5.54. The maximum atomic E-state index is 13.2. The van der Waals surface area contributed by atoms with Gasteiger partial charge in [0, 0.05) is 12.2 Å². The zero-order chi connectivity index (χ0) is 16.5. The molecule has 1 rings (SSSR count). The van der Waals surface area contributed by atoms with E-state index in [1.807, 2.05) is 0 Å². The summed E-state index contributed by atoms with van der Waals surface area (Å²) in [5, 5.41) is 5.10. The molecule has 0 aliphatic carbocycles. The van der Waals surface area contributed by atoms with Gasteiger partial charge < -0.3 is 10.6 Å². The van der Waals surface area contributed by atoms with Gasteiger partial charge in [-0.1, -0.05) is 39.2 Å². The molecule has 0 fully saturated rings. The largest absolute Gasteiger partial charge is 0.348 e. The van der Waals surface area contributed by atoms with Gasteiger partial charge in [-0.25, -0.2) is 4.39 Å². The van der Waals surface area contributed by atoms with Gasteiger partial charge in [0.15, 0.2) is 0 Å². The summed E-state index contributed by atoms with van der Waals surface area (Å²) in [5.41, 5.74) is 1.02. The molecule has 0 aromatic heterocycles. The van der Waals surface area contributed by atoms with Crippen molar-refractivity contribution in [1.82, 2.24) is 5.32 Å². The number of amides is 2. The Morgan fingerprint density at radius 2 is 1.95 bits per heavy atom. The van der Waals surface area contributed by atoms with Crippen LogP contribution < -0.4 is 10.6 Å². The summed E-state index contributed by atoms with van der Waals surface area (Å²) in [5.74, 6) is -1.52. The van der Waals surface area contributed by atoms with Crippen molar-refractivity contribution in [3.8, 4) is 0 Å². The van der Waals surface area contributed by atoms with Crippen molar-refractivity contribution in [1.29, 1.82) is 0 Å². The second kappa shape index (κ2) is 9.18. The SMILES string of the molecule is CCCC[C@H](CC)CNC(=O)C(=O)Nc1cc(F)ccc1C. The number of halogens is 1. The molecule has 0 aliphatic rings. The van der Waals surface area contributed by atoms with Crippen LogP contribution in [0.4, 0.5) is 10.1 Å². The molecule has 0 saturated heterocycles. The van der Waals surface area contributed by atoms with E-state index in [4.69, 9.17) is 0 Å². The minimum Gasteiger partial charge on any atom is -0.348 e. The molecule has 2 N–H and O–H groups in total. The number of hydrogen-bond acceptors (Lipinski definition) is 2. The van der Waals surface area contributed by atoms with Gasteiger partial charge in [-0.3, -0.25) is 9.59 Å². The number of carbonyl (C=O) groups is 2. The van der Waals surface area contributed by atoms with Gasteiger partial charge in [-0.2, -0.15) is 0 Å². The minimum absolute atomic E-state index is 0.318. The molecule has 0 heterocycles. The Balaban J connectivity index is 2.51. The minimum atomic E-state index is -0.765. The predicted octanol–water partition coefficient (Wildman–Crippen LogP) is 3.41. The average Bonchev–Trinajstić information content (AvgIpc) is 2.50. The van der Waals surface area contributed by atoms with Crippen LogP contribution in [0, 0.1) is 18.7 Å². The molecule has 0 bridgehead atoms. The van der Waals surface area contributed by atoms with Crippen LogP contribution in [0.25, 0.3) is 0 Å². The number of aryl methyl sites for hydroxylation is 1. The normalized spacial score (nSPS) is 11.8. The van der Waals surface area contributed by atoms with Crippen LogP contribution in [0.3, 0.4) is 0 Å². The number of hydrogen-bond donors (Lipinski definition) is 2. The van der Waals surface area contributed by atoms with Crippen molar-refractivity contribution < 1.29 is 14.0 Å². The number of anilines is 1. The van der Waals surface area contributed by atoms with Crippen LogP contribution in [0.15, 0.2) is 18.2 Å². The number of rotatable bonds is 7. The Labute approximate surface area is 131 Å². The molecule has 0 saturated carbocycles. The first-order valence-corrected chi connectivity index (χ1v) is 7.83. The molecule has 122 valence electrons. The summed E-state index contributed by atoms with van der Waals surface area (Å²) in [7, 11) is 0. The van der Waals surface area contributed by atoms with Crippen LogP contribution >= 0.6 is 0 Å². The maximum Gasteiger partial charge on any atom is 0.313 e. The summed E-state index contributed by atoms with van der Waals surface area (Å²) in [4.78, 5) is 23.7. The first-order chi connectivity index (χ1) is 10.5. The second-order valence-electron chi connectivity index (χ2n) is 5.54. The molecule has 2 amide bonds. The topological polar surface area (TPSA) is 58.2 Å². The van der Waals surface area contributed by atoms with Crippen molar-refractivity contribution in [2.45, 2.75) is 46.5 Å². The molecule has 1 atom stereocenters. The van der Waals surface area contributed by atoms with E-state index < -0.39 is 17.6 Å². The third kappa shape index (κ3) is 5.84. The highest BCUT2D eigenvalue weighted by Crippen LogP contribution is 2.16. The molecule has 0 aliphatic heterocycles. The Morgan fingerprint density at radius 1 is 1.23 bits per heavy atom. The standard InChI is InChI=1S/C17H25FN2O2/c1-4-6-7-13(5-2)11-19-16(21)17(22)20-15-10-14(18)9-8-12(15)3/h8-10,13H,4-7,11H2,1-3H3,(H,19,21)(H,20,22)/t13-/m0/s1. The first kappa shape index (κ1) is 18.1. The summed E-state index contributed by atoms with van der Waals surface area (Å²) < 4.78 is 13.2. The van der Waals surface area contributed by atoms with Crippen LogP contribution in [0.2, 0.25) is 0 Å². The molecular formula is C17H25FN2O2. The van der Waals surface area contributed by atoms with Crippen molar-refractivity contribution in [3.05, 3.63) is 29.6 Å². The quantitative estimate of drug-likeness (QED) is 0.758. The van der Waals surface area contributed by atoms with Crippen molar-refractivity contribution in [2.75, 3.05) is 11.9 Å². The molecule has 0 unspecified atom stereocenters.